The van der Waals surface area contributed by atoms with Gasteiger partial charge in [-0.15, -0.1) is 0 Å². The van der Waals surface area contributed by atoms with E-state index in [1.54, 1.807) is 0 Å². The third-order valence-electron chi connectivity index (χ3n) is 5.79. The van der Waals surface area contributed by atoms with Gasteiger partial charge in [-0.05, 0) is 71.9 Å². The van der Waals surface area contributed by atoms with E-state index in [1.807, 2.05) is 6.21 Å². The molecular formula is C22H29IN6. The Hall–Kier alpha value is -1.74. The van der Waals surface area contributed by atoms with E-state index in [1.165, 1.54) is 9.13 Å². The van der Waals surface area contributed by atoms with Crippen LogP contribution in [0.15, 0.2) is 29.3 Å². The lowest BCUT2D eigenvalue weighted by Gasteiger charge is -2.27. The molecule has 7 heteroatoms. The highest BCUT2D eigenvalue weighted by molar-refractivity contribution is 14.1. The van der Waals surface area contributed by atoms with Crippen molar-refractivity contribution >= 4 is 46.3 Å². The summed E-state index contributed by atoms with van der Waals surface area (Å²) >= 11 is 2.32. The fourth-order valence-electron chi connectivity index (χ4n) is 3.97. The van der Waals surface area contributed by atoms with Gasteiger partial charge < -0.3 is 16.4 Å². The first kappa shape index (κ1) is 20.5. The van der Waals surface area contributed by atoms with Crippen molar-refractivity contribution in [3.63, 3.8) is 0 Å². The zero-order valence-electron chi connectivity index (χ0n) is 17.0. The maximum Gasteiger partial charge on any atom is 0.225 e. The molecule has 0 saturated heterocycles. The summed E-state index contributed by atoms with van der Waals surface area (Å²) < 4.78 is 1.23. The molecule has 154 valence electrons. The van der Waals surface area contributed by atoms with E-state index >= 15 is 0 Å². The standard InChI is InChI=1S/C22H29IN6/c1-13(2)18-12-25-20-19(18)28-22(27-17-9-7-16(24)8-10-17)29-21(20)26-11-14-3-5-15(23)6-4-14/h3-6,12-13,16-18H,7-11,24H2,1-2H3,(H2,26,27,28,29). The molecule has 2 aromatic rings. The van der Waals surface area contributed by atoms with Crippen LogP contribution in [0.2, 0.25) is 0 Å². The molecule has 2 heterocycles. The van der Waals surface area contributed by atoms with E-state index in [0.29, 0.717) is 30.5 Å². The number of anilines is 2. The van der Waals surface area contributed by atoms with Gasteiger partial charge in [0.25, 0.3) is 0 Å². The van der Waals surface area contributed by atoms with Crippen LogP contribution in [0.5, 0.6) is 0 Å². The molecule has 0 amide bonds. The molecule has 1 aromatic carbocycles. The fourth-order valence-corrected chi connectivity index (χ4v) is 4.33. The van der Waals surface area contributed by atoms with Gasteiger partial charge in [0, 0.05) is 34.3 Å². The molecule has 0 radical (unpaired) electrons. The molecule has 29 heavy (non-hydrogen) atoms. The lowest BCUT2D eigenvalue weighted by molar-refractivity contribution is 0.409. The Morgan fingerprint density at radius 1 is 1.10 bits per heavy atom. The molecule has 1 fully saturated rings. The van der Waals surface area contributed by atoms with E-state index < -0.39 is 0 Å². The molecule has 1 aliphatic carbocycles. The van der Waals surface area contributed by atoms with Crippen molar-refractivity contribution in [2.45, 2.75) is 64.1 Å². The maximum atomic E-state index is 6.06. The predicted molar refractivity (Wildman–Crippen MR) is 128 cm³/mol. The number of aromatic nitrogens is 2. The second kappa shape index (κ2) is 8.95. The molecule has 0 bridgehead atoms. The average Bonchev–Trinajstić information content (AvgIpc) is 3.13. The largest absolute Gasteiger partial charge is 0.364 e. The first-order chi connectivity index (χ1) is 14.0. The third-order valence-corrected chi connectivity index (χ3v) is 6.51. The molecule has 1 atom stereocenters. The van der Waals surface area contributed by atoms with Crippen molar-refractivity contribution in [2.75, 3.05) is 10.6 Å². The Labute approximate surface area is 186 Å². The van der Waals surface area contributed by atoms with Gasteiger partial charge in [-0.25, -0.2) is 4.98 Å². The molecule has 2 aliphatic rings. The van der Waals surface area contributed by atoms with Crippen molar-refractivity contribution in [3.05, 3.63) is 39.1 Å². The summed E-state index contributed by atoms with van der Waals surface area (Å²) in [6, 6.07) is 9.24. The lowest BCUT2D eigenvalue weighted by atomic mass is 9.92. The first-order valence-corrected chi connectivity index (χ1v) is 11.5. The minimum atomic E-state index is 0.229. The topological polar surface area (TPSA) is 88.2 Å². The normalized spacial score (nSPS) is 23.3. The number of nitrogens with one attached hydrogen (secondary N) is 2. The SMILES string of the molecule is CC(C)C1C=Nc2c(NCc3ccc(I)cc3)nc(NC3CCC(N)CC3)nc21. The van der Waals surface area contributed by atoms with Gasteiger partial charge in [-0.3, -0.25) is 4.99 Å². The number of hydrogen-bond acceptors (Lipinski definition) is 6. The number of nitrogens with zero attached hydrogens (tertiary/aromatic N) is 3. The molecule has 4 N–H and O–H groups in total. The lowest BCUT2D eigenvalue weighted by Crippen LogP contribution is -2.33. The maximum absolute atomic E-state index is 6.06. The van der Waals surface area contributed by atoms with Gasteiger partial charge >= 0.3 is 0 Å². The van der Waals surface area contributed by atoms with Crippen LogP contribution in [-0.2, 0) is 6.54 Å². The van der Waals surface area contributed by atoms with E-state index in [0.717, 1.165) is 42.9 Å². The molecule has 1 saturated carbocycles. The van der Waals surface area contributed by atoms with Crippen LogP contribution in [0.1, 0.15) is 56.7 Å². The minimum Gasteiger partial charge on any atom is -0.364 e. The summed E-state index contributed by atoms with van der Waals surface area (Å²) in [7, 11) is 0. The zero-order chi connectivity index (χ0) is 20.4. The monoisotopic (exact) mass is 504 g/mol. The second-order valence-corrected chi connectivity index (χ2v) is 9.66. The van der Waals surface area contributed by atoms with Crippen LogP contribution in [0.3, 0.4) is 0 Å². The predicted octanol–water partition coefficient (Wildman–Crippen LogP) is 4.83. The highest BCUT2D eigenvalue weighted by atomic mass is 127. The summed E-state index contributed by atoms with van der Waals surface area (Å²) in [5.41, 5.74) is 9.18. The molecule has 4 rings (SSSR count). The van der Waals surface area contributed by atoms with Crippen LogP contribution >= 0.6 is 22.6 Å². The van der Waals surface area contributed by atoms with Crippen molar-refractivity contribution in [1.29, 1.82) is 0 Å². The van der Waals surface area contributed by atoms with Crippen molar-refractivity contribution in [1.82, 2.24) is 9.97 Å². The van der Waals surface area contributed by atoms with Crippen molar-refractivity contribution in [3.8, 4) is 0 Å². The number of fused-ring (bicyclic) bond motifs is 1. The van der Waals surface area contributed by atoms with Crippen LogP contribution in [0.4, 0.5) is 17.5 Å². The minimum absolute atomic E-state index is 0.229. The smallest absolute Gasteiger partial charge is 0.225 e. The highest BCUT2D eigenvalue weighted by Gasteiger charge is 2.28. The molecule has 6 nitrogen and oxygen atoms in total. The third kappa shape index (κ3) is 4.88. The first-order valence-electron chi connectivity index (χ1n) is 10.5. The zero-order valence-corrected chi connectivity index (χ0v) is 19.2. The Kier molecular flexibility index (Phi) is 6.34. The van der Waals surface area contributed by atoms with Crippen LogP contribution in [0.25, 0.3) is 0 Å². The Balaban J connectivity index is 1.57. The van der Waals surface area contributed by atoms with Gasteiger partial charge in [0.05, 0.1) is 5.69 Å². The van der Waals surface area contributed by atoms with Crippen LogP contribution in [-0.4, -0.2) is 28.3 Å². The summed E-state index contributed by atoms with van der Waals surface area (Å²) in [6.07, 6.45) is 6.26. The Morgan fingerprint density at radius 2 is 1.83 bits per heavy atom. The van der Waals surface area contributed by atoms with Gasteiger partial charge in [0.2, 0.25) is 5.95 Å². The number of halogens is 1. The molecule has 1 aromatic heterocycles. The summed E-state index contributed by atoms with van der Waals surface area (Å²) in [5, 5.41) is 7.06. The second-order valence-electron chi connectivity index (χ2n) is 8.41. The van der Waals surface area contributed by atoms with Gasteiger partial charge in [-0.2, -0.15) is 4.98 Å². The van der Waals surface area contributed by atoms with E-state index in [9.17, 15) is 0 Å². The highest BCUT2D eigenvalue weighted by Crippen LogP contribution is 2.40. The summed E-state index contributed by atoms with van der Waals surface area (Å²) in [5.74, 6) is 2.18. The van der Waals surface area contributed by atoms with E-state index in [4.69, 9.17) is 15.7 Å². The van der Waals surface area contributed by atoms with E-state index in [2.05, 4.69) is 76.3 Å². The number of nitrogens with two attached hydrogens (primary N) is 1. The van der Waals surface area contributed by atoms with Crippen molar-refractivity contribution in [2.24, 2.45) is 16.6 Å². The molecule has 0 spiro atoms. The van der Waals surface area contributed by atoms with Gasteiger partial charge in [0.15, 0.2) is 5.82 Å². The molecular weight excluding hydrogens is 475 g/mol. The van der Waals surface area contributed by atoms with Crippen LogP contribution < -0.4 is 16.4 Å². The van der Waals surface area contributed by atoms with E-state index in [-0.39, 0.29) is 5.92 Å². The summed E-state index contributed by atoms with van der Waals surface area (Å²) in [4.78, 5) is 14.3. The number of aliphatic imine (C=N–C) groups is 1. The molecule has 1 aliphatic heterocycles. The quantitative estimate of drug-likeness (QED) is 0.491. The van der Waals surface area contributed by atoms with Crippen LogP contribution in [0, 0.1) is 9.49 Å². The van der Waals surface area contributed by atoms with Crippen molar-refractivity contribution < 1.29 is 0 Å². The molecule has 1 unspecified atom stereocenters. The Bertz CT molecular complexity index is 872. The number of rotatable bonds is 6. The Morgan fingerprint density at radius 3 is 2.52 bits per heavy atom. The van der Waals surface area contributed by atoms with Gasteiger partial charge in [-0.1, -0.05) is 26.0 Å². The van der Waals surface area contributed by atoms with Gasteiger partial charge in [0.1, 0.15) is 5.69 Å². The number of benzene rings is 1. The average molecular weight is 504 g/mol. The summed E-state index contributed by atoms with van der Waals surface area (Å²) in [6.45, 7) is 5.13. The number of hydrogen-bond donors (Lipinski definition) is 3. The fraction of sp³-hybridized carbons (Fsp3) is 0.500.